The Labute approximate surface area is 163 Å². The van der Waals surface area contributed by atoms with Crippen LogP contribution in [0, 0.1) is 5.92 Å². The quantitative estimate of drug-likeness (QED) is 0.789. The third kappa shape index (κ3) is 4.36. The van der Waals surface area contributed by atoms with E-state index in [1.165, 1.54) is 5.56 Å². The lowest BCUT2D eigenvalue weighted by atomic mass is 10.1. The van der Waals surface area contributed by atoms with E-state index in [0.29, 0.717) is 19.5 Å². The third-order valence-electron chi connectivity index (χ3n) is 5.31. The van der Waals surface area contributed by atoms with Gasteiger partial charge in [-0.3, -0.25) is 19.5 Å². The normalized spacial score (nSPS) is 21.0. The summed E-state index contributed by atoms with van der Waals surface area (Å²) in [5.74, 6) is -0.0400. The lowest BCUT2D eigenvalue weighted by molar-refractivity contribution is -0.137. The Morgan fingerprint density at radius 1 is 1.15 bits per heavy atom. The molecule has 2 aliphatic heterocycles. The second kappa shape index (κ2) is 8.19. The molecule has 7 heteroatoms. The molecule has 6 nitrogen and oxygen atoms in total. The molecule has 27 heavy (non-hydrogen) atoms. The predicted molar refractivity (Wildman–Crippen MR) is 104 cm³/mol. The van der Waals surface area contributed by atoms with Gasteiger partial charge in [0.15, 0.2) is 0 Å². The number of aromatic nitrogens is 1. The summed E-state index contributed by atoms with van der Waals surface area (Å²) in [5, 5.41) is 4.28. The molecule has 0 bridgehead atoms. The molecule has 0 spiro atoms. The number of hydrogen-bond acceptors (Lipinski definition) is 5. The summed E-state index contributed by atoms with van der Waals surface area (Å²) >= 11 is 1.72. The molecule has 0 aromatic carbocycles. The highest BCUT2D eigenvalue weighted by atomic mass is 32.1. The first-order chi connectivity index (χ1) is 13.2. The number of thiophene rings is 1. The van der Waals surface area contributed by atoms with E-state index >= 15 is 0 Å². The van der Waals surface area contributed by atoms with Gasteiger partial charge in [0.25, 0.3) is 0 Å². The van der Waals surface area contributed by atoms with Crippen molar-refractivity contribution in [1.82, 2.24) is 19.7 Å². The molecule has 1 atom stereocenters. The van der Waals surface area contributed by atoms with Gasteiger partial charge < -0.3 is 9.80 Å². The zero-order chi connectivity index (χ0) is 18.6. The maximum atomic E-state index is 12.9. The first-order valence-electron chi connectivity index (χ1n) is 9.39. The van der Waals surface area contributed by atoms with Gasteiger partial charge in [-0.05, 0) is 34.5 Å². The molecule has 142 valence electrons. The zero-order valence-corrected chi connectivity index (χ0v) is 16.1. The lowest BCUT2D eigenvalue weighted by Gasteiger charge is -2.35. The Bertz CT molecular complexity index is 773. The van der Waals surface area contributed by atoms with Gasteiger partial charge in [-0.1, -0.05) is 6.07 Å². The van der Waals surface area contributed by atoms with E-state index in [4.69, 9.17) is 0 Å². The van der Waals surface area contributed by atoms with Crippen LogP contribution in [-0.2, 0) is 22.7 Å². The number of likely N-dealkylation sites (tertiary alicyclic amines) is 1. The van der Waals surface area contributed by atoms with Crippen LogP contribution in [0.3, 0.4) is 0 Å². The van der Waals surface area contributed by atoms with E-state index < -0.39 is 0 Å². The van der Waals surface area contributed by atoms with Gasteiger partial charge in [0, 0.05) is 51.9 Å². The van der Waals surface area contributed by atoms with Gasteiger partial charge in [0.1, 0.15) is 0 Å². The molecule has 2 aromatic heterocycles. The molecule has 4 rings (SSSR count). The second-order valence-corrected chi connectivity index (χ2v) is 8.01. The average Bonchev–Trinajstić information content (AvgIpc) is 3.33. The van der Waals surface area contributed by atoms with Gasteiger partial charge in [0.2, 0.25) is 11.8 Å². The summed E-state index contributed by atoms with van der Waals surface area (Å²) < 4.78 is 0. The molecule has 4 heterocycles. The Balaban J connectivity index is 1.28. The van der Waals surface area contributed by atoms with Crippen molar-refractivity contribution >= 4 is 23.2 Å². The predicted octanol–water partition coefficient (Wildman–Crippen LogP) is 1.84. The standard InChI is InChI=1S/C20H24N4O2S/c25-19-11-17(13-24(19)14-18-3-1-2-5-21-18)20(26)23-8-6-22(7-9-23)12-16-4-10-27-15-16/h1-5,10,15,17H,6-9,11-14H2/t17-/m1/s1. The molecular weight excluding hydrogens is 360 g/mol. The highest BCUT2D eigenvalue weighted by Gasteiger charge is 2.37. The fraction of sp³-hybridized carbons (Fsp3) is 0.450. The molecule has 0 N–H and O–H groups in total. The van der Waals surface area contributed by atoms with Crippen LogP contribution < -0.4 is 0 Å². The molecular formula is C20H24N4O2S. The molecule has 0 saturated carbocycles. The maximum Gasteiger partial charge on any atom is 0.228 e. The largest absolute Gasteiger partial charge is 0.340 e. The topological polar surface area (TPSA) is 56.8 Å². The highest BCUT2D eigenvalue weighted by Crippen LogP contribution is 2.22. The van der Waals surface area contributed by atoms with Crippen LogP contribution in [0.2, 0.25) is 0 Å². The molecule has 0 unspecified atom stereocenters. The smallest absolute Gasteiger partial charge is 0.228 e. The summed E-state index contributed by atoms with van der Waals surface area (Å²) in [6, 6.07) is 7.85. The van der Waals surface area contributed by atoms with Crippen molar-refractivity contribution < 1.29 is 9.59 Å². The van der Waals surface area contributed by atoms with E-state index in [0.717, 1.165) is 38.4 Å². The Hall–Kier alpha value is -2.25. The second-order valence-electron chi connectivity index (χ2n) is 7.23. The number of amides is 2. The minimum atomic E-state index is -0.218. The molecule has 2 aromatic rings. The van der Waals surface area contributed by atoms with Crippen LogP contribution in [-0.4, -0.2) is 64.2 Å². The van der Waals surface area contributed by atoms with Crippen LogP contribution in [0.1, 0.15) is 17.7 Å². The molecule has 2 saturated heterocycles. The van der Waals surface area contributed by atoms with Crippen molar-refractivity contribution in [2.75, 3.05) is 32.7 Å². The summed E-state index contributed by atoms with van der Waals surface area (Å²) in [4.78, 5) is 35.6. The molecule has 0 aliphatic carbocycles. The van der Waals surface area contributed by atoms with Crippen molar-refractivity contribution in [2.45, 2.75) is 19.5 Å². The van der Waals surface area contributed by atoms with E-state index in [1.54, 1.807) is 22.4 Å². The SMILES string of the molecule is O=C1C[C@@H](C(=O)N2CCN(Cc3ccsc3)CC2)CN1Cc1ccccn1. The van der Waals surface area contributed by atoms with Crippen LogP contribution in [0.5, 0.6) is 0 Å². The van der Waals surface area contributed by atoms with E-state index in [9.17, 15) is 9.59 Å². The number of carbonyl (C=O) groups is 2. The van der Waals surface area contributed by atoms with Gasteiger partial charge in [-0.15, -0.1) is 0 Å². The van der Waals surface area contributed by atoms with Gasteiger partial charge in [0.05, 0.1) is 18.2 Å². The number of pyridine rings is 1. The number of rotatable bonds is 5. The van der Waals surface area contributed by atoms with Crippen molar-refractivity contribution in [1.29, 1.82) is 0 Å². The van der Waals surface area contributed by atoms with Gasteiger partial charge in [-0.25, -0.2) is 0 Å². The van der Waals surface area contributed by atoms with Crippen LogP contribution in [0.15, 0.2) is 41.2 Å². The van der Waals surface area contributed by atoms with Crippen molar-refractivity contribution in [3.8, 4) is 0 Å². The number of nitrogens with zero attached hydrogens (tertiary/aromatic N) is 4. The summed E-state index contributed by atoms with van der Waals surface area (Å²) in [6.45, 7) is 5.20. The van der Waals surface area contributed by atoms with Crippen molar-refractivity contribution in [2.24, 2.45) is 5.92 Å². The first-order valence-corrected chi connectivity index (χ1v) is 10.3. The van der Waals surface area contributed by atoms with Crippen LogP contribution >= 0.6 is 11.3 Å². The Morgan fingerprint density at radius 2 is 2.00 bits per heavy atom. The summed E-state index contributed by atoms with van der Waals surface area (Å²) in [7, 11) is 0. The molecule has 2 fully saturated rings. The number of piperazine rings is 1. The van der Waals surface area contributed by atoms with Crippen LogP contribution in [0.4, 0.5) is 0 Å². The average molecular weight is 385 g/mol. The fourth-order valence-electron chi connectivity index (χ4n) is 3.80. The lowest BCUT2D eigenvalue weighted by Crippen LogP contribution is -2.50. The fourth-order valence-corrected chi connectivity index (χ4v) is 4.46. The van der Waals surface area contributed by atoms with Gasteiger partial charge >= 0.3 is 0 Å². The number of hydrogen-bond donors (Lipinski definition) is 0. The number of carbonyl (C=O) groups excluding carboxylic acids is 2. The van der Waals surface area contributed by atoms with E-state index in [1.807, 2.05) is 23.1 Å². The van der Waals surface area contributed by atoms with Gasteiger partial charge in [-0.2, -0.15) is 11.3 Å². The third-order valence-corrected chi connectivity index (χ3v) is 6.05. The summed E-state index contributed by atoms with van der Waals surface area (Å²) in [5.41, 5.74) is 2.20. The minimum Gasteiger partial charge on any atom is -0.340 e. The zero-order valence-electron chi connectivity index (χ0n) is 15.3. The highest BCUT2D eigenvalue weighted by molar-refractivity contribution is 7.07. The van der Waals surface area contributed by atoms with E-state index in [-0.39, 0.29) is 17.7 Å². The maximum absolute atomic E-state index is 12.9. The van der Waals surface area contributed by atoms with Crippen molar-refractivity contribution in [3.63, 3.8) is 0 Å². The molecule has 0 radical (unpaired) electrons. The Kier molecular flexibility index (Phi) is 5.50. The molecule has 2 amide bonds. The monoisotopic (exact) mass is 384 g/mol. The minimum absolute atomic E-state index is 0.0510. The van der Waals surface area contributed by atoms with E-state index in [2.05, 4.69) is 26.7 Å². The first kappa shape index (κ1) is 18.1. The van der Waals surface area contributed by atoms with Crippen molar-refractivity contribution in [3.05, 3.63) is 52.5 Å². The Morgan fingerprint density at radius 3 is 2.70 bits per heavy atom. The van der Waals surface area contributed by atoms with Crippen LogP contribution in [0.25, 0.3) is 0 Å². The molecule has 2 aliphatic rings. The summed E-state index contributed by atoms with van der Waals surface area (Å²) in [6.07, 6.45) is 2.05.